The van der Waals surface area contributed by atoms with E-state index in [4.69, 9.17) is 10.5 Å². The molecule has 1 heterocycles. The van der Waals surface area contributed by atoms with Gasteiger partial charge in [0, 0.05) is 13.1 Å². The first kappa shape index (κ1) is 14.6. The molecule has 4 heteroatoms. The number of hydrogen-bond donors (Lipinski definition) is 1. The molecule has 0 atom stereocenters. The van der Waals surface area contributed by atoms with E-state index in [1.165, 1.54) is 0 Å². The van der Waals surface area contributed by atoms with Crippen LogP contribution in [0.1, 0.15) is 34.6 Å². The molecular weight excluding hydrogens is 226 g/mol. The number of hydrogen-bond acceptors (Lipinski definition) is 4. The molecule has 2 N–H and O–H groups in total. The van der Waals surface area contributed by atoms with Crippen molar-refractivity contribution in [2.24, 2.45) is 5.92 Å². The summed E-state index contributed by atoms with van der Waals surface area (Å²) in [4.78, 5) is 6.75. The molecule has 0 aliphatic rings. The van der Waals surface area contributed by atoms with E-state index >= 15 is 0 Å². The van der Waals surface area contributed by atoms with Crippen LogP contribution in [-0.2, 0) is 0 Å². The Morgan fingerprint density at radius 3 is 2.44 bits per heavy atom. The molecule has 0 amide bonds. The number of aromatic nitrogens is 1. The van der Waals surface area contributed by atoms with Crippen LogP contribution < -0.4 is 15.4 Å². The molecule has 4 nitrogen and oxygen atoms in total. The fourth-order valence-electron chi connectivity index (χ4n) is 1.76. The lowest BCUT2D eigenvalue weighted by Gasteiger charge is -2.24. The van der Waals surface area contributed by atoms with Crippen LogP contribution in [-0.4, -0.2) is 24.2 Å². The number of nitrogens with two attached hydrogens (primary N) is 1. The summed E-state index contributed by atoms with van der Waals surface area (Å²) in [6.45, 7) is 12.4. The molecule has 0 aliphatic carbocycles. The van der Waals surface area contributed by atoms with Crippen LogP contribution in [0, 0.1) is 5.92 Å². The maximum Gasteiger partial charge on any atom is 0.239 e. The Kier molecular flexibility index (Phi) is 5.25. The van der Waals surface area contributed by atoms with Gasteiger partial charge < -0.3 is 15.4 Å². The number of ether oxygens (including phenoxy) is 1. The Labute approximate surface area is 110 Å². The van der Waals surface area contributed by atoms with Crippen LogP contribution >= 0.6 is 0 Å². The van der Waals surface area contributed by atoms with Gasteiger partial charge in [0.05, 0.1) is 11.8 Å². The first-order chi connectivity index (χ1) is 8.43. The van der Waals surface area contributed by atoms with Gasteiger partial charge in [-0.3, -0.25) is 0 Å². The average Bonchev–Trinajstić information content (AvgIpc) is 2.28. The van der Waals surface area contributed by atoms with Gasteiger partial charge in [0.25, 0.3) is 0 Å². The fourth-order valence-corrected chi connectivity index (χ4v) is 1.76. The quantitative estimate of drug-likeness (QED) is 0.844. The van der Waals surface area contributed by atoms with Gasteiger partial charge >= 0.3 is 0 Å². The largest absolute Gasteiger partial charge is 0.473 e. The van der Waals surface area contributed by atoms with Crippen molar-refractivity contribution in [1.82, 2.24) is 4.98 Å². The van der Waals surface area contributed by atoms with Crippen molar-refractivity contribution in [2.45, 2.75) is 40.7 Å². The van der Waals surface area contributed by atoms with Gasteiger partial charge in [0.15, 0.2) is 0 Å². The molecule has 0 unspecified atom stereocenters. The van der Waals surface area contributed by atoms with Gasteiger partial charge in [-0.05, 0) is 38.8 Å². The third-order valence-corrected chi connectivity index (χ3v) is 2.51. The number of rotatable bonds is 6. The van der Waals surface area contributed by atoms with Crippen LogP contribution in [0.3, 0.4) is 0 Å². The van der Waals surface area contributed by atoms with Gasteiger partial charge in [0.2, 0.25) is 5.88 Å². The van der Waals surface area contributed by atoms with E-state index in [0.29, 0.717) is 17.5 Å². The standard InChI is InChI=1S/C14H25N3O/c1-6-17(9-10(2)3)13-8-7-12(15)14(16-13)18-11(4)5/h7-8,10-11H,6,9,15H2,1-5H3. The third kappa shape index (κ3) is 4.09. The Hall–Kier alpha value is -1.45. The zero-order valence-corrected chi connectivity index (χ0v) is 12.1. The average molecular weight is 251 g/mol. The lowest BCUT2D eigenvalue weighted by atomic mass is 10.2. The van der Waals surface area contributed by atoms with Gasteiger partial charge in [-0.15, -0.1) is 0 Å². The molecule has 18 heavy (non-hydrogen) atoms. The minimum Gasteiger partial charge on any atom is -0.473 e. The molecule has 0 aromatic carbocycles. The van der Waals surface area contributed by atoms with Gasteiger partial charge in [-0.25, -0.2) is 0 Å². The lowest BCUT2D eigenvalue weighted by molar-refractivity contribution is 0.234. The lowest BCUT2D eigenvalue weighted by Crippen LogP contribution is -2.28. The van der Waals surface area contributed by atoms with Gasteiger partial charge in [-0.2, -0.15) is 4.98 Å². The van der Waals surface area contributed by atoms with E-state index in [-0.39, 0.29) is 6.10 Å². The molecule has 0 saturated heterocycles. The normalized spacial score (nSPS) is 11.1. The van der Waals surface area contributed by atoms with Crippen molar-refractivity contribution in [3.63, 3.8) is 0 Å². The fraction of sp³-hybridized carbons (Fsp3) is 0.643. The summed E-state index contributed by atoms with van der Waals surface area (Å²) >= 11 is 0. The van der Waals surface area contributed by atoms with E-state index in [1.54, 1.807) is 0 Å². The first-order valence-electron chi connectivity index (χ1n) is 6.62. The van der Waals surface area contributed by atoms with Crippen LogP contribution in [0.4, 0.5) is 11.5 Å². The van der Waals surface area contributed by atoms with Crippen LogP contribution in [0.5, 0.6) is 5.88 Å². The first-order valence-corrected chi connectivity index (χ1v) is 6.62. The minimum atomic E-state index is 0.0789. The number of pyridine rings is 1. The Balaban J connectivity index is 2.94. The van der Waals surface area contributed by atoms with Crippen molar-refractivity contribution in [3.8, 4) is 5.88 Å². The second kappa shape index (κ2) is 6.47. The maximum atomic E-state index is 5.87. The van der Waals surface area contributed by atoms with Crippen LogP contribution in [0.2, 0.25) is 0 Å². The SMILES string of the molecule is CCN(CC(C)C)c1ccc(N)c(OC(C)C)n1. The highest BCUT2D eigenvalue weighted by molar-refractivity contribution is 5.54. The van der Waals surface area contributed by atoms with E-state index in [1.807, 2.05) is 26.0 Å². The Morgan fingerprint density at radius 2 is 1.94 bits per heavy atom. The monoisotopic (exact) mass is 251 g/mol. The molecule has 0 radical (unpaired) electrons. The zero-order chi connectivity index (χ0) is 13.7. The smallest absolute Gasteiger partial charge is 0.239 e. The molecule has 0 saturated carbocycles. The van der Waals surface area contributed by atoms with Crippen molar-refractivity contribution >= 4 is 11.5 Å². The predicted molar refractivity (Wildman–Crippen MR) is 77.1 cm³/mol. The minimum absolute atomic E-state index is 0.0789. The van der Waals surface area contributed by atoms with E-state index < -0.39 is 0 Å². The van der Waals surface area contributed by atoms with Crippen LogP contribution in [0.15, 0.2) is 12.1 Å². The molecule has 102 valence electrons. The van der Waals surface area contributed by atoms with Crippen molar-refractivity contribution in [2.75, 3.05) is 23.7 Å². The number of anilines is 2. The highest BCUT2D eigenvalue weighted by atomic mass is 16.5. The Bertz CT molecular complexity index is 377. The van der Waals surface area contributed by atoms with Gasteiger partial charge in [-0.1, -0.05) is 13.8 Å². The van der Waals surface area contributed by atoms with E-state index in [0.717, 1.165) is 18.9 Å². The highest BCUT2D eigenvalue weighted by Gasteiger charge is 2.12. The molecule has 1 aromatic rings. The molecule has 0 fully saturated rings. The predicted octanol–water partition coefficient (Wildman–Crippen LogP) is 2.93. The summed E-state index contributed by atoms with van der Waals surface area (Å²) in [6.07, 6.45) is 0.0789. The molecule has 1 rings (SSSR count). The molecule has 0 aliphatic heterocycles. The molecular formula is C14H25N3O. The molecule has 0 bridgehead atoms. The summed E-state index contributed by atoms with van der Waals surface area (Å²) < 4.78 is 5.62. The Morgan fingerprint density at radius 1 is 1.28 bits per heavy atom. The topological polar surface area (TPSA) is 51.4 Å². The van der Waals surface area contributed by atoms with Crippen molar-refractivity contribution in [1.29, 1.82) is 0 Å². The van der Waals surface area contributed by atoms with Crippen molar-refractivity contribution in [3.05, 3.63) is 12.1 Å². The van der Waals surface area contributed by atoms with E-state index in [2.05, 4.69) is 30.7 Å². The summed E-state index contributed by atoms with van der Waals surface area (Å²) in [6, 6.07) is 3.82. The third-order valence-electron chi connectivity index (χ3n) is 2.51. The maximum absolute atomic E-state index is 5.87. The van der Waals surface area contributed by atoms with Gasteiger partial charge in [0.1, 0.15) is 5.82 Å². The second-order valence-corrected chi connectivity index (χ2v) is 5.16. The highest BCUT2D eigenvalue weighted by Crippen LogP contribution is 2.24. The number of nitrogens with zero attached hydrogens (tertiary/aromatic N) is 2. The number of nitrogen functional groups attached to an aromatic ring is 1. The molecule has 1 aromatic heterocycles. The van der Waals surface area contributed by atoms with Crippen LogP contribution in [0.25, 0.3) is 0 Å². The summed E-state index contributed by atoms with van der Waals surface area (Å²) in [5.74, 6) is 2.06. The summed E-state index contributed by atoms with van der Waals surface area (Å²) in [5, 5.41) is 0. The zero-order valence-electron chi connectivity index (χ0n) is 12.1. The summed E-state index contributed by atoms with van der Waals surface area (Å²) in [7, 11) is 0. The second-order valence-electron chi connectivity index (χ2n) is 5.16. The summed E-state index contributed by atoms with van der Waals surface area (Å²) in [5.41, 5.74) is 6.47. The molecule has 0 spiro atoms. The van der Waals surface area contributed by atoms with E-state index in [9.17, 15) is 0 Å². The van der Waals surface area contributed by atoms with Crippen molar-refractivity contribution < 1.29 is 4.74 Å².